The molecular weight excluding hydrogens is 246 g/mol. The van der Waals surface area contributed by atoms with E-state index in [0.717, 1.165) is 12.8 Å². The first-order valence-corrected chi connectivity index (χ1v) is 5.94. The Morgan fingerprint density at radius 3 is 2.88 bits per heavy atom. The van der Waals surface area contributed by atoms with Gasteiger partial charge in [-0.15, -0.1) is 4.98 Å². The zero-order chi connectivity index (χ0) is 12.1. The molecular formula is C10H14ClN3O3. The molecule has 1 atom stereocenters. The molecule has 1 unspecified atom stereocenters. The number of rotatable bonds is 5. The summed E-state index contributed by atoms with van der Waals surface area (Å²) in [6.45, 7) is 3.78. The van der Waals surface area contributed by atoms with Gasteiger partial charge in [0, 0.05) is 6.42 Å². The minimum atomic E-state index is -0.0208. The van der Waals surface area contributed by atoms with Crippen LogP contribution < -0.4 is 9.47 Å². The van der Waals surface area contributed by atoms with Gasteiger partial charge in [-0.25, -0.2) is 0 Å². The highest BCUT2D eigenvalue weighted by molar-refractivity contribution is 6.28. The van der Waals surface area contributed by atoms with Gasteiger partial charge in [0.05, 0.1) is 19.8 Å². The summed E-state index contributed by atoms with van der Waals surface area (Å²) in [4.78, 5) is 11.8. The van der Waals surface area contributed by atoms with Gasteiger partial charge in [0.2, 0.25) is 5.28 Å². The predicted octanol–water partition coefficient (Wildman–Crippen LogP) is 1.48. The zero-order valence-corrected chi connectivity index (χ0v) is 10.3. The maximum absolute atomic E-state index is 5.76. The molecule has 1 saturated heterocycles. The molecule has 0 amide bonds. The number of aromatic nitrogens is 3. The van der Waals surface area contributed by atoms with Gasteiger partial charge in [-0.1, -0.05) is 6.92 Å². The summed E-state index contributed by atoms with van der Waals surface area (Å²) < 4.78 is 16.0. The monoisotopic (exact) mass is 259 g/mol. The van der Waals surface area contributed by atoms with Gasteiger partial charge in [0.25, 0.3) is 0 Å². The summed E-state index contributed by atoms with van der Waals surface area (Å²) in [6.07, 6.45) is 1.68. The molecule has 0 bridgehead atoms. The molecule has 0 spiro atoms. The van der Waals surface area contributed by atoms with E-state index in [4.69, 9.17) is 25.8 Å². The highest BCUT2D eigenvalue weighted by Crippen LogP contribution is 2.17. The fourth-order valence-corrected chi connectivity index (χ4v) is 1.52. The van der Waals surface area contributed by atoms with Crippen molar-refractivity contribution in [2.75, 3.05) is 19.8 Å². The van der Waals surface area contributed by atoms with Crippen LogP contribution in [0.3, 0.4) is 0 Å². The van der Waals surface area contributed by atoms with E-state index in [0.29, 0.717) is 19.8 Å². The number of hydrogen-bond donors (Lipinski definition) is 0. The van der Waals surface area contributed by atoms with Crippen molar-refractivity contribution in [3.8, 4) is 12.0 Å². The molecule has 1 fully saturated rings. The largest absolute Gasteiger partial charge is 0.463 e. The third kappa shape index (κ3) is 3.67. The van der Waals surface area contributed by atoms with E-state index >= 15 is 0 Å². The molecule has 0 radical (unpaired) electrons. The fraction of sp³-hybridized carbons (Fsp3) is 0.700. The third-order valence-corrected chi connectivity index (χ3v) is 2.33. The lowest BCUT2D eigenvalue weighted by Crippen LogP contribution is -2.18. The first kappa shape index (κ1) is 12.3. The van der Waals surface area contributed by atoms with Crippen LogP contribution in [0.4, 0.5) is 0 Å². The Labute approximate surface area is 104 Å². The number of ether oxygens (including phenoxy) is 3. The Kier molecular flexibility index (Phi) is 4.33. The first-order valence-electron chi connectivity index (χ1n) is 5.56. The number of halogens is 1. The lowest BCUT2D eigenvalue weighted by atomic mass is 10.3. The summed E-state index contributed by atoms with van der Waals surface area (Å²) in [6, 6.07) is 0.382. The second-order valence-electron chi connectivity index (χ2n) is 3.62. The first-order chi connectivity index (χ1) is 8.28. The van der Waals surface area contributed by atoms with E-state index in [9.17, 15) is 0 Å². The highest BCUT2D eigenvalue weighted by atomic mass is 35.5. The average Bonchev–Trinajstić information content (AvgIpc) is 2.78. The maximum Gasteiger partial charge on any atom is 0.324 e. The van der Waals surface area contributed by atoms with Crippen molar-refractivity contribution in [2.24, 2.45) is 0 Å². The van der Waals surface area contributed by atoms with Crippen molar-refractivity contribution in [2.45, 2.75) is 25.9 Å². The minimum absolute atomic E-state index is 0.0208. The van der Waals surface area contributed by atoms with Crippen LogP contribution in [0.2, 0.25) is 5.28 Å². The lowest BCUT2D eigenvalue weighted by molar-refractivity contribution is 0.132. The van der Waals surface area contributed by atoms with E-state index < -0.39 is 0 Å². The van der Waals surface area contributed by atoms with Gasteiger partial charge < -0.3 is 14.2 Å². The molecule has 1 aliphatic rings. The molecule has 1 aromatic heterocycles. The summed E-state index contributed by atoms with van der Waals surface area (Å²) in [7, 11) is 0. The van der Waals surface area contributed by atoms with Crippen molar-refractivity contribution in [1.82, 2.24) is 15.0 Å². The van der Waals surface area contributed by atoms with E-state index in [1.165, 1.54) is 0 Å². The lowest BCUT2D eigenvalue weighted by Gasteiger charge is -2.10. The van der Waals surface area contributed by atoms with Crippen LogP contribution in [0, 0.1) is 0 Å². The molecule has 1 aromatic rings. The molecule has 2 heterocycles. The van der Waals surface area contributed by atoms with Crippen molar-refractivity contribution >= 4 is 11.6 Å². The second-order valence-corrected chi connectivity index (χ2v) is 3.96. The van der Waals surface area contributed by atoms with E-state index in [-0.39, 0.29) is 23.4 Å². The standard InChI is InChI=1S/C10H14ClN3O3/c1-2-4-16-9-12-8(11)13-10(14-9)17-7-3-5-15-6-7/h7H,2-6H2,1H3. The van der Waals surface area contributed by atoms with Gasteiger partial charge in [-0.05, 0) is 18.0 Å². The molecule has 0 aromatic carbocycles. The van der Waals surface area contributed by atoms with E-state index in [1.54, 1.807) is 0 Å². The smallest absolute Gasteiger partial charge is 0.324 e. The summed E-state index contributed by atoms with van der Waals surface area (Å²) in [5.41, 5.74) is 0. The molecule has 0 aliphatic carbocycles. The second kappa shape index (κ2) is 5.97. The molecule has 17 heavy (non-hydrogen) atoms. The highest BCUT2D eigenvalue weighted by Gasteiger charge is 2.19. The van der Waals surface area contributed by atoms with Gasteiger partial charge in [-0.2, -0.15) is 9.97 Å². The Hall–Kier alpha value is -1.14. The van der Waals surface area contributed by atoms with Crippen LogP contribution in [-0.4, -0.2) is 40.9 Å². The van der Waals surface area contributed by atoms with E-state index in [2.05, 4.69) is 15.0 Å². The molecule has 1 aliphatic heterocycles. The summed E-state index contributed by atoms with van der Waals surface area (Å²) in [5, 5.41) is 0.0695. The van der Waals surface area contributed by atoms with Crippen LogP contribution >= 0.6 is 11.6 Å². The Bertz CT molecular complexity index is 372. The van der Waals surface area contributed by atoms with Crippen LogP contribution in [0.1, 0.15) is 19.8 Å². The quantitative estimate of drug-likeness (QED) is 0.798. The Balaban J connectivity index is 2.02. The number of nitrogens with zero attached hydrogens (tertiary/aromatic N) is 3. The average molecular weight is 260 g/mol. The normalized spacial score (nSPS) is 19.3. The molecule has 7 heteroatoms. The maximum atomic E-state index is 5.76. The van der Waals surface area contributed by atoms with Gasteiger partial charge in [0.1, 0.15) is 6.10 Å². The minimum Gasteiger partial charge on any atom is -0.463 e. The summed E-state index contributed by atoms with van der Waals surface area (Å²) in [5.74, 6) is 0. The van der Waals surface area contributed by atoms with Crippen LogP contribution in [0.15, 0.2) is 0 Å². The molecule has 6 nitrogen and oxygen atoms in total. The Morgan fingerprint density at radius 2 is 2.18 bits per heavy atom. The van der Waals surface area contributed by atoms with Crippen molar-refractivity contribution < 1.29 is 14.2 Å². The summed E-state index contributed by atoms with van der Waals surface area (Å²) >= 11 is 5.76. The SMILES string of the molecule is CCCOc1nc(Cl)nc(OC2CCOC2)n1. The van der Waals surface area contributed by atoms with Crippen LogP contribution in [0.5, 0.6) is 12.0 Å². The van der Waals surface area contributed by atoms with E-state index in [1.807, 2.05) is 6.92 Å². The molecule has 0 saturated carbocycles. The fourth-order valence-electron chi connectivity index (χ4n) is 1.38. The van der Waals surface area contributed by atoms with Crippen molar-refractivity contribution in [3.05, 3.63) is 5.28 Å². The molecule has 0 N–H and O–H groups in total. The Morgan fingerprint density at radius 1 is 1.35 bits per heavy atom. The van der Waals surface area contributed by atoms with Gasteiger partial charge >= 0.3 is 12.0 Å². The van der Waals surface area contributed by atoms with Crippen LogP contribution in [-0.2, 0) is 4.74 Å². The molecule has 94 valence electrons. The predicted molar refractivity (Wildman–Crippen MR) is 60.5 cm³/mol. The number of hydrogen-bond acceptors (Lipinski definition) is 6. The molecule has 2 rings (SSSR count). The van der Waals surface area contributed by atoms with Gasteiger partial charge in [-0.3, -0.25) is 0 Å². The van der Waals surface area contributed by atoms with Crippen LogP contribution in [0.25, 0.3) is 0 Å². The third-order valence-electron chi connectivity index (χ3n) is 2.16. The zero-order valence-electron chi connectivity index (χ0n) is 9.56. The van der Waals surface area contributed by atoms with Crippen molar-refractivity contribution in [3.63, 3.8) is 0 Å². The van der Waals surface area contributed by atoms with Gasteiger partial charge in [0.15, 0.2) is 0 Å². The van der Waals surface area contributed by atoms with Crippen molar-refractivity contribution in [1.29, 1.82) is 0 Å². The topological polar surface area (TPSA) is 66.4 Å².